The Hall–Kier alpha value is -0.440. The number of aryl methyl sites for hydroxylation is 1. The molecule has 2 nitrogen and oxygen atoms in total. The van der Waals surface area contributed by atoms with E-state index in [0.29, 0.717) is 0 Å². The molecule has 1 aromatic carbocycles. The van der Waals surface area contributed by atoms with E-state index in [2.05, 4.69) is 37.1 Å². The maximum atomic E-state index is 5.82. The number of benzene rings is 1. The third kappa shape index (κ3) is 4.06. The Bertz CT molecular complexity index is 353. The SMILES string of the molecule is CC(N)Cc1ccc2c(c1)CCCN2C.Cl.Cl. The lowest BCUT2D eigenvalue weighted by atomic mass is 9.97. The number of halogens is 2. The zero-order chi connectivity index (χ0) is 10.8. The van der Waals surface area contributed by atoms with Crippen molar-refractivity contribution in [1.82, 2.24) is 0 Å². The molecule has 4 heteroatoms. The molecule has 0 bridgehead atoms. The van der Waals surface area contributed by atoms with Crippen molar-refractivity contribution in [1.29, 1.82) is 0 Å². The van der Waals surface area contributed by atoms with E-state index in [9.17, 15) is 0 Å². The van der Waals surface area contributed by atoms with Crippen LogP contribution in [0.2, 0.25) is 0 Å². The van der Waals surface area contributed by atoms with Crippen LogP contribution in [-0.4, -0.2) is 19.6 Å². The van der Waals surface area contributed by atoms with Crippen molar-refractivity contribution < 1.29 is 0 Å². The van der Waals surface area contributed by atoms with Crippen molar-refractivity contribution in [3.63, 3.8) is 0 Å². The molecule has 0 aromatic heterocycles. The third-order valence-corrected chi connectivity index (χ3v) is 3.05. The molecule has 1 atom stereocenters. The quantitative estimate of drug-likeness (QED) is 0.900. The molecule has 0 saturated heterocycles. The van der Waals surface area contributed by atoms with Crippen LogP contribution in [0.3, 0.4) is 0 Å². The second-order valence-corrected chi connectivity index (χ2v) is 4.67. The van der Waals surface area contributed by atoms with Gasteiger partial charge < -0.3 is 10.6 Å². The van der Waals surface area contributed by atoms with Crippen molar-refractivity contribution in [3.05, 3.63) is 29.3 Å². The zero-order valence-corrected chi connectivity index (χ0v) is 12.1. The Morgan fingerprint density at radius 2 is 2.06 bits per heavy atom. The Morgan fingerprint density at radius 3 is 2.71 bits per heavy atom. The number of anilines is 1. The topological polar surface area (TPSA) is 29.3 Å². The second kappa shape index (κ2) is 7.10. The van der Waals surface area contributed by atoms with Gasteiger partial charge in [-0.2, -0.15) is 0 Å². The van der Waals surface area contributed by atoms with Gasteiger partial charge in [0.15, 0.2) is 0 Å². The summed E-state index contributed by atoms with van der Waals surface area (Å²) in [7, 11) is 2.17. The van der Waals surface area contributed by atoms with E-state index in [-0.39, 0.29) is 30.9 Å². The van der Waals surface area contributed by atoms with Gasteiger partial charge in [0.1, 0.15) is 0 Å². The molecular formula is C13H22Cl2N2. The Labute approximate surface area is 116 Å². The molecule has 0 spiro atoms. The molecule has 1 aromatic rings. The summed E-state index contributed by atoms with van der Waals surface area (Å²) in [5, 5.41) is 0. The number of nitrogens with two attached hydrogens (primary N) is 1. The lowest BCUT2D eigenvalue weighted by molar-refractivity contribution is 0.724. The molecule has 2 rings (SSSR count). The summed E-state index contributed by atoms with van der Waals surface area (Å²) in [5.41, 5.74) is 10.1. The standard InChI is InChI=1S/C13H20N2.2ClH/c1-10(14)8-11-5-6-13-12(9-11)4-3-7-15(13)2;;/h5-6,9-10H,3-4,7-8,14H2,1-2H3;2*1H. The van der Waals surface area contributed by atoms with Gasteiger partial charge in [0.25, 0.3) is 0 Å². The largest absolute Gasteiger partial charge is 0.374 e. The van der Waals surface area contributed by atoms with Crippen molar-refractivity contribution in [3.8, 4) is 0 Å². The van der Waals surface area contributed by atoms with Crippen LogP contribution in [0.25, 0.3) is 0 Å². The fraction of sp³-hybridized carbons (Fsp3) is 0.538. The van der Waals surface area contributed by atoms with E-state index in [1.165, 1.54) is 36.2 Å². The van der Waals surface area contributed by atoms with Crippen LogP contribution in [0.4, 0.5) is 5.69 Å². The monoisotopic (exact) mass is 276 g/mol. The molecule has 0 fully saturated rings. The predicted octanol–water partition coefficient (Wildman–Crippen LogP) is 2.80. The highest BCUT2D eigenvalue weighted by Gasteiger charge is 2.13. The van der Waals surface area contributed by atoms with E-state index in [1.807, 2.05) is 0 Å². The summed E-state index contributed by atoms with van der Waals surface area (Å²) < 4.78 is 0. The zero-order valence-electron chi connectivity index (χ0n) is 10.5. The molecule has 1 unspecified atom stereocenters. The smallest absolute Gasteiger partial charge is 0.0396 e. The van der Waals surface area contributed by atoms with E-state index >= 15 is 0 Å². The predicted molar refractivity (Wildman–Crippen MR) is 79.9 cm³/mol. The van der Waals surface area contributed by atoms with Gasteiger partial charge in [0.05, 0.1) is 0 Å². The first-order valence-corrected chi connectivity index (χ1v) is 5.75. The van der Waals surface area contributed by atoms with Crippen LogP contribution in [0, 0.1) is 0 Å². The number of hydrogen-bond acceptors (Lipinski definition) is 2. The average Bonchev–Trinajstić information content (AvgIpc) is 2.17. The van der Waals surface area contributed by atoms with Crippen molar-refractivity contribution in [2.24, 2.45) is 5.73 Å². The average molecular weight is 277 g/mol. The van der Waals surface area contributed by atoms with E-state index in [4.69, 9.17) is 5.73 Å². The van der Waals surface area contributed by atoms with Crippen molar-refractivity contribution in [2.75, 3.05) is 18.5 Å². The Morgan fingerprint density at radius 1 is 1.35 bits per heavy atom. The number of nitrogens with zero attached hydrogens (tertiary/aromatic N) is 1. The van der Waals surface area contributed by atoms with Gasteiger partial charge in [0, 0.05) is 25.3 Å². The summed E-state index contributed by atoms with van der Waals surface area (Å²) in [5.74, 6) is 0. The first kappa shape index (κ1) is 16.6. The third-order valence-electron chi connectivity index (χ3n) is 3.05. The van der Waals surface area contributed by atoms with Gasteiger partial charge >= 0.3 is 0 Å². The minimum atomic E-state index is 0. The van der Waals surface area contributed by atoms with Gasteiger partial charge in [-0.15, -0.1) is 24.8 Å². The number of fused-ring (bicyclic) bond motifs is 1. The first-order valence-electron chi connectivity index (χ1n) is 5.75. The summed E-state index contributed by atoms with van der Waals surface area (Å²) in [6.07, 6.45) is 3.47. The summed E-state index contributed by atoms with van der Waals surface area (Å²) in [4.78, 5) is 2.34. The molecule has 17 heavy (non-hydrogen) atoms. The van der Waals surface area contributed by atoms with Gasteiger partial charge in [-0.25, -0.2) is 0 Å². The lowest BCUT2D eigenvalue weighted by Crippen LogP contribution is -2.25. The molecule has 0 amide bonds. The van der Waals surface area contributed by atoms with Gasteiger partial charge in [-0.1, -0.05) is 12.1 Å². The summed E-state index contributed by atoms with van der Waals surface area (Å²) in [6.45, 7) is 3.24. The van der Waals surface area contributed by atoms with Gasteiger partial charge in [0.2, 0.25) is 0 Å². The van der Waals surface area contributed by atoms with E-state index in [1.54, 1.807) is 0 Å². The fourth-order valence-electron chi connectivity index (χ4n) is 2.34. The molecule has 1 heterocycles. The first-order chi connectivity index (χ1) is 7.16. The summed E-state index contributed by atoms with van der Waals surface area (Å²) >= 11 is 0. The minimum Gasteiger partial charge on any atom is -0.374 e. The van der Waals surface area contributed by atoms with Crippen LogP contribution in [-0.2, 0) is 12.8 Å². The fourth-order valence-corrected chi connectivity index (χ4v) is 2.34. The molecular weight excluding hydrogens is 255 g/mol. The maximum absolute atomic E-state index is 5.82. The van der Waals surface area contributed by atoms with Crippen LogP contribution >= 0.6 is 24.8 Å². The molecule has 98 valence electrons. The lowest BCUT2D eigenvalue weighted by Gasteiger charge is -2.28. The van der Waals surface area contributed by atoms with Crippen molar-refractivity contribution >= 4 is 30.5 Å². The highest BCUT2D eigenvalue weighted by Crippen LogP contribution is 2.26. The normalized spacial score (nSPS) is 15.4. The number of hydrogen-bond donors (Lipinski definition) is 1. The molecule has 0 radical (unpaired) electrons. The van der Waals surface area contributed by atoms with E-state index < -0.39 is 0 Å². The van der Waals surface area contributed by atoms with Crippen LogP contribution in [0.5, 0.6) is 0 Å². The van der Waals surface area contributed by atoms with Crippen molar-refractivity contribution in [2.45, 2.75) is 32.2 Å². The van der Waals surface area contributed by atoms with Crippen LogP contribution < -0.4 is 10.6 Å². The highest BCUT2D eigenvalue weighted by molar-refractivity contribution is 5.85. The maximum Gasteiger partial charge on any atom is 0.0396 e. The highest BCUT2D eigenvalue weighted by atomic mass is 35.5. The molecule has 0 aliphatic carbocycles. The number of rotatable bonds is 2. The van der Waals surface area contributed by atoms with Gasteiger partial charge in [-0.05, 0) is 43.4 Å². The molecule has 2 N–H and O–H groups in total. The van der Waals surface area contributed by atoms with Crippen LogP contribution in [0.1, 0.15) is 24.5 Å². The molecule has 1 aliphatic rings. The summed E-state index contributed by atoms with van der Waals surface area (Å²) in [6, 6.07) is 7.04. The molecule has 0 saturated carbocycles. The Balaban J connectivity index is 0.00000128. The second-order valence-electron chi connectivity index (χ2n) is 4.67. The minimum absolute atomic E-state index is 0. The molecule has 1 aliphatic heterocycles. The van der Waals surface area contributed by atoms with E-state index in [0.717, 1.165) is 6.42 Å². The van der Waals surface area contributed by atoms with Crippen LogP contribution in [0.15, 0.2) is 18.2 Å². The van der Waals surface area contributed by atoms with Gasteiger partial charge in [-0.3, -0.25) is 0 Å². The Kier molecular flexibility index (Phi) is 6.91.